The predicted molar refractivity (Wildman–Crippen MR) is 88.7 cm³/mol. The van der Waals surface area contributed by atoms with E-state index in [4.69, 9.17) is 0 Å². The number of halogens is 1. The summed E-state index contributed by atoms with van der Waals surface area (Å²) in [6, 6.07) is 1.74. The normalized spacial score (nSPS) is 12.2. The lowest BCUT2D eigenvalue weighted by molar-refractivity contribution is 0.540. The van der Waals surface area contributed by atoms with Crippen LogP contribution in [0, 0.1) is 5.92 Å². The Morgan fingerprint density at radius 2 is 2.10 bits per heavy atom. The van der Waals surface area contributed by atoms with Crippen LogP contribution in [0.4, 0.5) is 0 Å². The lowest BCUT2D eigenvalue weighted by Gasteiger charge is -2.07. The van der Waals surface area contributed by atoms with E-state index in [2.05, 4.69) is 39.8 Å². The fourth-order valence-corrected chi connectivity index (χ4v) is 5.44. The minimum absolute atomic E-state index is 0.347. The van der Waals surface area contributed by atoms with Crippen molar-refractivity contribution in [1.82, 2.24) is 10.0 Å². The van der Waals surface area contributed by atoms with Crippen molar-refractivity contribution in [2.24, 2.45) is 5.92 Å². The first kappa shape index (κ1) is 18.1. The van der Waals surface area contributed by atoms with Crippen LogP contribution in [0.1, 0.15) is 38.5 Å². The second kappa shape index (κ2) is 8.48. The average Bonchev–Trinajstić information content (AvgIpc) is 2.74. The van der Waals surface area contributed by atoms with E-state index in [1.807, 2.05) is 6.92 Å². The maximum Gasteiger partial charge on any atom is 0.242 e. The Labute approximate surface area is 134 Å². The van der Waals surface area contributed by atoms with Crippen LogP contribution < -0.4 is 10.0 Å². The van der Waals surface area contributed by atoms with Crippen LogP contribution in [0.3, 0.4) is 0 Å². The zero-order valence-electron chi connectivity index (χ0n) is 12.2. The molecule has 0 amide bonds. The number of rotatable bonds is 9. The van der Waals surface area contributed by atoms with Gasteiger partial charge in [0.25, 0.3) is 0 Å². The minimum atomic E-state index is -3.41. The van der Waals surface area contributed by atoms with Gasteiger partial charge in [0.2, 0.25) is 10.0 Å². The molecule has 4 nitrogen and oxygen atoms in total. The average molecular weight is 383 g/mol. The first-order valence-electron chi connectivity index (χ1n) is 6.85. The van der Waals surface area contributed by atoms with Crippen LogP contribution in [0.25, 0.3) is 0 Å². The standard InChI is InChI=1S/C13H23BrN2O2S2/c1-4-15-9-11-8-12(13(14)19-11)20(17,18)16-7-5-6-10(2)3/h8,10,15-16H,4-7,9H2,1-3H3. The number of nitrogens with one attached hydrogen (secondary N) is 2. The van der Waals surface area contributed by atoms with E-state index in [0.717, 1.165) is 24.3 Å². The maximum atomic E-state index is 12.2. The van der Waals surface area contributed by atoms with Gasteiger partial charge in [0.15, 0.2) is 0 Å². The summed E-state index contributed by atoms with van der Waals surface area (Å²) in [6.07, 6.45) is 1.89. The summed E-state index contributed by atoms with van der Waals surface area (Å²) in [7, 11) is -3.41. The molecule has 0 fully saturated rings. The van der Waals surface area contributed by atoms with E-state index < -0.39 is 10.0 Å². The van der Waals surface area contributed by atoms with E-state index in [-0.39, 0.29) is 0 Å². The van der Waals surface area contributed by atoms with Gasteiger partial charge >= 0.3 is 0 Å². The smallest absolute Gasteiger partial charge is 0.242 e. The van der Waals surface area contributed by atoms with Gasteiger partial charge in [-0.25, -0.2) is 13.1 Å². The molecule has 116 valence electrons. The zero-order chi connectivity index (χ0) is 15.2. The second-order valence-electron chi connectivity index (χ2n) is 5.06. The lowest BCUT2D eigenvalue weighted by Crippen LogP contribution is -2.25. The molecule has 0 aliphatic rings. The van der Waals surface area contributed by atoms with Crippen molar-refractivity contribution in [2.45, 2.75) is 45.1 Å². The van der Waals surface area contributed by atoms with E-state index in [9.17, 15) is 8.42 Å². The SMILES string of the molecule is CCNCc1cc(S(=O)(=O)NCCCC(C)C)c(Br)s1. The molecule has 20 heavy (non-hydrogen) atoms. The largest absolute Gasteiger partial charge is 0.312 e. The van der Waals surface area contributed by atoms with Crippen molar-refractivity contribution in [3.05, 3.63) is 14.7 Å². The monoisotopic (exact) mass is 382 g/mol. The third-order valence-electron chi connectivity index (χ3n) is 2.80. The van der Waals surface area contributed by atoms with Gasteiger partial charge < -0.3 is 5.32 Å². The summed E-state index contributed by atoms with van der Waals surface area (Å²) in [5.74, 6) is 0.596. The Kier molecular flexibility index (Phi) is 7.68. The predicted octanol–water partition coefficient (Wildman–Crippen LogP) is 3.33. The van der Waals surface area contributed by atoms with Crippen molar-refractivity contribution < 1.29 is 8.42 Å². The lowest BCUT2D eigenvalue weighted by atomic mass is 10.1. The molecule has 0 radical (unpaired) electrons. The molecular weight excluding hydrogens is 360 g/mol. The molecule has 0 aromatic carbocycles. The third-order valence-corrected chi connectivity index (χ3v) is 6.51. The molecule has 7 heteroatoms. The Bertz CT molecular complexity index is 512. The Morgan fingerprint density at radius 3 is 2.70 bits per heavy atom. The van der Waals surface area contributed by atoms with E-state index >= 15 is 0 Å². The first-order valence-corrected chi connectivity index (χ1v) is 9.94. The highest BCUT2D eigenvalue weighted by Gasteiger charge is 2.20. The zero-order valence-corrected chi connectivity index (χ0v) is 15.4. The molecule has 1 heterocycles. The summed E-state index contributed by atoms with van der Waals surface area (Å²) in [5.41, 5.74) is 0. The number of thiophene rings is 1. The van der Waals surface area contributed by atoms with Crippen LogP contribution in [0.5, 0.6) is 0 Å². The van der Waals surface area contributed by atoms with E-state index in [0.29, 0.717) is 27.7 Å². The Hall–Kier alpha value is 0.0500. The van der Waals surface area contributed by atoms with E-state index in [1.165, 1.54) is 11.3 Å². The van der Waals surface area contributed by atoms with Gasteiger partial charge in [-0.2, -0.15) is 0 Å². The van der Waals surface area contributed by atoms with Crippen molar-refractivity contribution in [3.8, 4) is 0 Å². The first-order chi connectivity index (χ1) is 9.36. The van der Waals surface area contributed by atoms with E-state index in [1.54, 1.807) is 6.07 Å². The molecule has 0 bridgehead atoms. The van der Waals surface area contributed by atoms with Gasteiger partial charge in [-0.15, -0.1) is 11.3 Å². The Balaban J connectivity index is 2.64. The Morgan fingerprint density at radius 1 is 1.40 bits per heavy atom. The minimum Gasteiger partial charge on any atom is -0.312 e. The van der Waals surface area contributed by atoms with Crippen molar-refractivity contribution in [3.63, 3.8) is 0 Å². The van der Waals surface area contributed by atoms with Crippen LogP contribution in [0.2, 0.25) is 0 Å². The van der Waals surface area contributed by atoms with Gasteiger partial charge in [-0.3, -0.25) is 0 Å². The maximum absolute atomic E-state index is 12.2. The summed E-state index contributed by atoms with van der Waals surface area (Å²) in [5, 5.41) is 3.20. The van der Waals surface area contributed by atoms with Gasteiger partial charge in [0.05, 0.1) is 3.79 Å². The molecule has 0 spiro atoms. The van der Waals surface area contributed by atoms with Gasteiger partial charge in [0.1, 0.15) is 4.90 Å². The van der Waals surface area contributed by atoms with Crippen molar-refractivity contribution in [1.29, 1.82) is 0 Å². The van der Waals surface area contributed by atoms with Crippen LogP contribution >= 0.6 is 27.3 Å². The molecule has 1 rings (SSSR count). The highest BCUT2D eigenvalue weighted by atomic mass is 79.9. The molecule has 0 unspecified atom stereocenters. The topological polar surface area (TPSA) is 58.2 Å². The van der Waals surface area contributed by atoms with Gasteiger partial charge in [0, 0.05) is 18.0 Å². The number of sulfonamides is 1. The van der Waals surface area contributed by atoms with Gasteiger partial charge in [-0.1, -0.05) is 20.8 Å². The highest BCUT2D eigenvalue weighted by molar-refractivity contribution is 9.11. The fourth-order valence-electron chi connectivity index (χ4n) is 1.71. The fraction of sp³-hybridized carbons (Fsp3) is 0.692. The molecule has 1 aromatic rings. The van der Waals surface area contributed by atoms with Crippen LogP contribution in [0.15, 0.2) is 14.7 Å². The third kappa shape index (κ3) is 5.81. The number of hydrogen-bond donors (Lipinski definition) is 2. The molecule has 0 saturated heterocycles. The van der Waals surface area contributed by atoms with Gasteiger partial charge in [-0.05, 0) is 47.3 Å². The molecule has 0 atom stereocenters. The van der Waals surface area contributed by atoms with Crippen molar-refractivity contribution >= 4 is 37.3 Å². The molecule has 1 aromatic heterocycles. The molecule has 2 N–H and O–H groups in total. The highest BCUT2D eigenvalue weighted by Crippen LogP contribution is 2.31. The number of hydrogen-bond acceptors (Lipinski definition) is 4. The summed E-state index contributed by atoms with van der Waals surface area (Å²) in [6.45, 7) is 8.35. The second-order valence-corrected chi connectivity index (χ2v) is 9.25. The van der Waals surface area contributed by atoms with Crippen LogP contribution in [-0.4, -0.2) is 21.5 Å². The molecule has 0 aliphatic carbocycles. The van der Waals surface area contributed by atoms with Crippen molar-refractivity contribution in [2.75, 3.05) is 13.1 Å². The molecular formula is C13H23BrN2O2S2. The summed E-state index contributed by atoms with van der Waals surface area (Å²) in [4.78, 5) is 1.36. The van der Waals surface area contributed by atoms with Crippen LogP contribution in [-0.2, 0) is 16.6 Å². The summed E-state index contributed by atoms with van der Waals surface area (Å²) < 4.78 is 27.8. The molecule has 0 aliphatic heterocycles. The summed E-state index contributed by atoms with van der Waals surface area (Å²) >= 11 is 4.81. The molecule has 0 saturated carbocycles. The quantitative estimate of drug-likeness (QED) is 0.643.